The molecular weight excluding hydrogens is 292 g/mol. The number of aryl methyl sites for hydroxylation is 2. The number of aliphatic hydroxyl groups excluding tert-OH is 1. The molecule has 0 saturated carbocycles. The summed E-state index contributed by atoms with van der Waals surface area (Å²) in [5.41, 5.74) is 2.18. The minimum atomic E-state index is -0.277. The summed E-state index contributed by atoms with van der Waals surface area (Å²) in [4.78, 5) is 14.1. The quantitative estimate of drug-likeness (QED) is 0.870. The molecule has 2 rings (SSSR count). The number of hydrogen-bond acceptors (Lipinski definition) is 3. The molecule has 2 amide bonds. The number of rotatable bonds is 5. The lowest BCUT2D eigenvalue weighted by Crippen LogP contribution is -2.46. The largest absolute Gasteiger partial charge is 0.393 e. The molecule has 130 valence electrons. The van der Waals surface area contributed by atoms with E-state index in [4.69, 9.17) is 0 Å². The van der Waals surface area contributed by atoms with E-state index in [9.17, 15) is 9.90 Å². The first-order valence-corrected chi connectivity index (χ1v) is 8.58. The highest BCUT2D eigenvalue weighted by Gasteiger charge is 2.25. The average molecular weight is 322 g/mol. The lowest BCUT2D eigenvalue weighted by molar-refractivity contribution is 0.0796. The number of aliphatic hydroxyl groups is 1. The highest BCUT2D eigenvalue weighted by molar-refractivity contribution is 5.74. The number of amides is 2. The van der Waals surface area contributed by atoms with E-state index < -0.39 is 0 Å². The maximum atomic E-state index is 12.2. The second kappa shape index (κ2) is 7.81. The number of likely N-dealkylation sites (tertiary alicyclic amines) is 1. The van der Waals surface area contributed by atoms with Crippen molar-refractivity contribution in [3.63, 3.8) is 0 Å². The van der Waals surface area contributed by atoms with Crippen LogP contribution in [-0.2, 0) is 6.54 Å². The molecule has 0 bridgehead atoms. The van der Waals surface area contributed by atoms with Gasteiger partial charge in [-0.2, -0.15) is 5.10 Å². The number of piperidine rings is 1. The SMILES string of the molecule is Cc1cc(C)n(CC(C)CNC(=O)N2CCC(C(C)O)CC2)n1. The fourth-order valence-electron chi connectivity index (χ4n) is 3.18. The fourth-order valence-corrected chi connectivity index (χ4v) is 3.18. The Kier molecular flexibility index (Phi) is 6.04. The van der Waals surface area contributed by atoms with Crippen molar-refractivity contribution in [2.24, 2.45) is 11.8 Å². The molecule has 2 unspecified atom stereocenters. The van der Waals surface area contributed by atoms with E-state index in [-0.39, 0.29) is 12.1 Å². The van der Waals surface area contributed by atoms with Crippen molar-refractivity contribution in [3.8, 4) is 0 Å². The van der Waals surface area contributed by atoms with Crippen LogP contribution in [0.25, 0.3) is 0 Å². The van der Waals surface area contributed by atoms with E-state index >= 15 is 0 Å². The van der Waals surface area contributed by atoms with Crippen LogP contribution >= 0.6 is 0 Å². The Bertz CT molecular complexity index is 519. The Balaban J connectivity index is 1.73. The maximum absolute atomic E-state index is 12.2. The number of urea groups is 1. The standard InChI is InChI=1S/C17H30N4O2/c1-12(11-21-14(3)9-13(2)19-21)10-18-17(23)20-7-5-16(6-8-20)15(4)22/h9,12,15-16,22H,5-8,10-11H2,1-4H3,(H,18,23). The van der Waals surface area contributed by atoms with E-state index in [0.29, 0.717) is 18.4 Å². The van der Waals surface area contributed by atoms with Gasteiger partial charge in [-0.15, -0.1) is 0 Å². The predicted octanol–water partition coefficient (Wildman–Crippen LogP) is 1.94. The first-order chi connectivity index (χ1) is 10.9. The van der Waals surface area contributed by atoms with Crippen molar-refractivity contribution < 1.29 is 9.90 Å². The highest BCUT2D eigenvalue weighted by atomic mass is 16.3. The third kappa shape index (κ3) is 4.96. The molecule has 1 aromatic heterocycles. The Morgan fingerprint density at radius 1 is 1.39 bits per heavy atom. The van der Waals surface area contributed by atoms with Gasteiger partial charge in [0.1, 0.15) is 0 Å². The number of carbonyl (C=O) groups is 1. The molecule has 6 heteroatoms. The van der Waals surface area contributed by atoms with Gasteiger partial charge in [-0.25, -0.2) is 4.79 Å². The Morgan fingerprint density at radius 3 is 2.57 bits per heavy atom. The molecule has 6 nitrogen and oxygen atoms in total. The summed E-state index contributed by atoms with van der Waals surface area (Å²) in [6.45, 7) is 10.9. The van der Waals surface area contributed by atoms with Crippen LogP contribution in [0, 0.1) is 25.7 Å². The van der Waals surface area contributed by atoms with E-state index in [1.165, 1.54) is 0 Å². The molecule has 1 aliphatic heterocycles. The molecule has 1 aromatic rings. The smallest absolute Gasteiger partial charge is 0.317 e. The van der Waals surface area contributed by atoms with Gasteiger partial charge in [0.15, 0.2) is 0 Å². The average Bonchev–Trinajstić information content (AvgIpc) is 2.82. The van der Waals surface area contributed by atoms with Crippen LogP contribution in [-0.4, -0.2) is 51.6 Å². The minimum absolute atomic E-state index is 0.00857. The van der Waals surface area contributed by atoms with Gasteiger partial charge in [-0.1, -0.05) is 6.92 Å². The van der Waals surface area contributed by atoms with Crippen molar-refractivity contribution in [3.05, 3.63) is 17.5 Å². The van der Waals surface area contributed by atoms with Gasteiger partial charge in [0.05, 0.1) is 11.8 Å². The number of hydrogen-bond donors (Lipinski definition) is 2. The molecule has 23 heavy (non-hydrogen) atoms. The summed E-state index contributed by atoms with van der Waals surface area (Å²) in [6, 6.07) is 2.08. The summed E-state index contributed by atoms with van der Waals surface area (Å²) in [5, 5.41) is 17.1. The van der Waals surface area contributed by atoms with E-state index in [1.54, 1.807) is 0 Å². The third-order valence-corrected chi connectivity index (χ3v) is 4.70. The number of nitrogens with zero attached hydrogens (tertiary/aromatic N) is 3. The summed E-state index contributed by atoms with van der Waals surface area (Å²) >= 11 is 0. The number of carbonyl (C=O) groups excluding carboxylic acids is 1. The molecule has 1 fully saturated rings. The van der Waals surface area contributed by atoms with Gasteiger partial charge >= 0.3 is 6.03 Å². The summed E-state index contributed by atoms with van der Waals surface area (Å²) in [7, 11) is 0. The topological polar surface area (TPSA) is 70.4 Å². The Morgan fingerprint density at radius 2 is 2.04 bits per heavy atom. The van der Waals surface area contributed by atoms with Gasteiger partial charge in [0.2, 0.25) is 0 Å². The molecular formula is C17H30N4O2. The van der Waals surface area contributed by atoms with Crippen molar-refractivity contribution in [1.82, 2.24) is 20.0 Å². The van der Waals surface area contributed by atoms with Gasteiger partial charge < -0.3 is 15.3 Å². The second-order valence-corrected chi connectivity index (χ2v) is 6.97. The van der Waals surface area contributed by atoms with E-state index in [2.05, 4.69) is 30.3 Å². The van der Waals surface area contributed by atoms with Crippen LogP contribution in [0.4, 0.5) is 4.79 Å². The van der Waals surface area contributed by atoms with Gasteiger partial charge in [-0.05, 0) is 51.5 Å². The van der Waals surface area contributed by atoms with Gasteiger partial charge in [0, 0.05) is 31.9 Å². The fraction of sp³-hybridized carbons (Fsp3) is 0.765. The lowest BCUT2D eigenvalue weighted by atomic mass is 9.92. The van der Waals surface area contributed by atoms with E-state index in [0.717, 1.165) is 43.9 Å². The highest BCUT2D eigenvalue weighted by Crippen LogP contribution is 2.20. The lowest BCUT2D eigenvalue weighted by Gasteiger charge is -2.33. The molecule has 0 radical (unpaired) electrons. The molecule has 2 heterocycles. The summed E-state index contributed by atoms with van der Waals surface area (Å²) in [6.07, 6.45) is 1.49. The molecule has 1 aliphatic rings. The minimum Gasteiger partial charge on any atom is -0.393 e. The number of aromatic nitrogens is 2. The first-order valence-electron chi connectivity index (χ1n) is 8.58. The van der Waals surface area contributed by atoms with Crippen LogP contribution < -0.4 is 5.32 Å². The second-order valence-electron chi connectivity index (χ2n) is 6.97. The molecule has 2 N–H and O–H groups in total. The molecule has 0 spiro atoms. The zero-order valence-electron chi connectivity index (χ0n) is 14.7. The maximum Gasteiger partial charge on any atom is 0.317 e. The zero-order valence-corrected chi connectivity index (χ0v) is 14.7. The van der Waals surface area contributed by atoms with Crippen LogP contribution in [0.2, 0.25) is 0 Å². The third-order valence-electron chi connectivity index (χ3n) is 4.70. The predicted molar refractivity (Wildman–Crippen MR) is 90.2 cm³/mol. The van der Waals surface area contributed by atoms with Gasteiger partial charge in [0.25, 0.3) is 0 Å². The van der Waals surface area contributed by atoms with Crippen molar-refractivity contribution in [2.45, 2.75) is 53.2 Å². The number of nitrogens with one attached hydrogen (secondary N) is 1. The monoisotopic (exact) mass is 322 g/mol. The molecule has 0 aromatic carbocycles. The van der Waals surface area contributed by atoms with Crippen LogP contribution in [0.15, 0.2) is 6.07 Å². The van der Waals surface area contributed by atoms with Crippen molar-refractivity contribution in [2.75, 3.05) is 19.6 Å². The molecule has 1 saturated heterocycles. The first kappa shape index (κ1) is 17.8. The Hall–Kier alpha value is -1.56. The van der Waals surface area contributed by atoms with Crippen molar-refractivity contribution >= 4 is 6.03 Å². The van der Waals surface area contributed by atoms with E-state index in [1.807, 2.05) is 23.4 Å². The summed E-state index contributed by atoms with van der Waals surface area (Å²) < 4.78 is 2.00. The van der Waals surface area contributed by atoms with Crippen LogP contribution in [0.5, 0.6) is 0 Å². The zero-order chi connectivity index (χ0) is 17.0. The van der Waals surface area contributed by atoms with Crippen LogP contribution in [0.1, 0.15) is 38.1 Å². The normalized spacial score (nSPS) is 18.7. The Labute approximate surface area is 138 Å². The summed E-state index contributed by atoms with van der Waals surface area (Å²) in [5.74, 6) is 0.649. The molecule has 2 atom stereocenters. The van der Waals surface area contributed by atoms with Gasteiger partial charge in [-0.3, -0.25) is 4.68 Å². The van der Waals surface area contributed by atoms with Crippen LogP contribution in [0.3, 0.4) is 0 Å². The molecule has 0 aliphatic carbocycles. The van der Waals surface area contributed by atoms with Crippen molar-refractivity contribution in [1.29, 1.82) is 0 Å².